The number of benzene rings is 2. The van der Waals surface area contributed by atoms with E-state index in [1.54, 1.807) is 0 Å². The van der Waals surface area contributed by atoms with E-state index in [2.05, 4.69) is 66.6 Å². The molecule has 1 heterocycles. The molecular weight excluding hydrogens is 314 g/mol. The Morgan fingerprint density at radius 1 is 1.04 bits per heavy atom. The van der Waals surface area contributed by atoms with Crippen LogP contribution in [-0.4, -0.2) is 36.8 Å². The quantitative estimate of drug-likeness (QED) is 0.842. The van der Waals surface area contributed by atoms with Crippen LogP contribution in [0.25, 0.3) is 5.57 Å². The third-order valence-corrected chi connectivity index (χ3v) is 5.55. The second kappa shape index (κ2) is 8.52. The molecule has 0 amide bonds. The highest BCUT2D eigenvalue weighted by Crippen LogP contribution is 2.39. The van der Waals surface area contributed by atoms with Gasteiger partial charge in [-0.05, 0) is 48.2 Å². The van der Waals surface area contributed by atoms with Gasteiger partial charge in [0.2, 0.25) is 0 Å². The highest BCUT2D eigenvalue weighted by Gasteiger charge is 2.17. The van der Waals surface area contributed by atoms with Crippen molar-refractivity contribution in [2.75, 3.05) is 26.7 Å². The minimum absolute atomic E-state index is 0.267. The summed E-state index contributed by atoms with van der Waals surface area (Å²) in [6.45, 7) is 2.23. The fourth-order valence-electron chi connectivity index (χ4n) is 3.13. The molecule has 0 saturated heterocycles. The summed E-state index contributed by atoms with van der Waals surface area (Å²) in [5.41, 5.74) is 5.50. The van der Waals surface area contributed by atoms with Crippen molar-refractivity contribution in [3.63, 3.8) is 0 Å². The molecule has 1 N–H and O–H groups in total. The average Bonchev–Trinajstić information content (AvgIpc) is 2.78. The molecule has 2 nitrogen and oxygen atoms in total. The standard InChI is InChI=1S/C21H25NOS/c1-22(14-7-15-23)13-6-11-19-18-9-3-2-8-17(18)16-24-21-12-5-4-10-20(19)21/h2-5,8-12,23H,6-7,13-16H2,1H3. The van der Waals surface area contributed by atoms with Gasteiger partial charge in [-0.2, -0.15) is 0 Å². The van der Waals surface area contributed by atoms with Gasteiger partial charge in [0.15, 0.2) is 0 Å². The molecule has 0 atom stereocenters. The highest BCUT2D eigenvalue weighted by molar-refractivity contribution is 7.98. The summed E-state index contributed by atoms with van der Waals surface area (Å²) < 4.78 is 0. The Kier molecular flexibility index (Phi) is 6.13. The van der Waals surface area contributed by atoms with E-state index < -0.39 is 0 Å². The second-order valence-corrected chi connectivity index (χ2v) is 7.25. The van der Waals surface area contributed by atoms with Crippen LogP contribution in [0.15, 0.2) is 59.5 Å². The molecule has 2 aromatic rings. The molecule has 3 rings (SSSR count). The zero-order chi connectivity index (χ0) is 16.8. The Bertz CT molecular complexity index is 661. The van der Waals surface area contributed by atoms with E-state index in [9.17, 15) is 0 Å². The van der Waals surface area contributed by atoms with E-state index >= 15 is 0 Å². The number of nitrogens with zero attached hydrogens (tertiary/aromatic N) is 1. The number of aliphatic hydroxyl groups is 1. The molecule has 2 aromatic carbocycles. The first-order valence-electron chi connectivity index (χ1n) is 8.59. The molecule has 126 valence electrons. The Labute approximate surface area is 149 Å². The van der Waals surface area contributed by atoms with Gasteiger partial charge in [0.25, 0.3) is 0 Å². The lowest BCUT2D eigenvalue weighted by Gasteiger charge is -2.16. The Balaban J connectivity index is 1.86. The Hall–Kier alpha value is -1.55. The molecule has 24 heavy (non-hydrogen) atoms. The van der Waals surface area contributed by atoms with Crippen molar-refractivity contribution in [1.29, 1.82) is 0 Å². The summed E-state index contributed by atoms with van der Waals surface area (Å²) in [4.78, 5) is 3.66. The smallest absolute Gasteiger partial charge is 0.0443 e. The van der Waals surface area contributed by atoms with Gasteiger partial charge in [-0.15, -0.1) is 11.8 Å². The van der Waals surface area contributed by atoms with Gasteiger partial charge in [0, 0.05) is 30.3 Å². The third-order valence-electron chi connectivity index (χ3n) is 4.43. The SMILES string of the molecule is CN(CCC=C1c2ccccc2CSc2ccccc21)CCCO. The van der Waals surface area contributed by atoms with Crippen LogP contribution in [0, 0.1) is 0 Å². The average molecular weight is 340 g/mol. The van der Waals surface area contributed by atoms with Crippen LogP contribution in [0.2, 0.25) is 0 Å². The summed E-state index contributed by atoms with van der Waals surface area (Å²) in [5.74, 6) is 1.03. The topological polar surface area (TPSA) is 23.5 Å². The van der Waals surface area contributed by atoms with E-state index in [4.69, 9.17) is 5.11 Å². The molecule has 0 unspecified atom stereocenters. The van der Waals surface area contributed by atoms with Crippen LogP contribution in [0.3, 0.4) is 0 Å². The molecule has 0 aromatic heterocycles. The van der Waals surface area contributed by atoms with Gasteiger partial charge < -0.3 is 10.0 Å². The number of hydrogen-bond donors (Lipinski definition) is 1. The number of fused-ring (bicyclic) bond motifs is 2. The molecule has 1 aliphatic rings. The van der Waals surface area contributed by atoms with Crippen molar-refractivity contribution < 1.29 is 5.11 Å². The molecule has 0 spiro atoms. The van der Waals surface area contributed by atoms with E-state index in [1.165, 1.54) is 27.2 Å². The Morgan fingerprint density at radius 3 is 2.62 bits per heavy atom. The third kappa shape index (κ3) is 4.10. The largest absolute Gasteiger partial charge is 0.396 e. The normalized spacial score (nSPS) is 15.2. The first kappa shape index (κ1) is 17.3. The van der Waals surface area contributed by atoms with Crippen molar-refractivity contribution in [2.24, 2.45) is 0 Å². The zero-order valence-corrected chi connectivity index (χ0v) is 15.1. The molecule has 0 saturated carbocycles. The molecule has 3 heteroatoms. The summed E-state index contributed by atoms with van der Waals surface area (Å²) in [5, 5.41) is 8.95. The van der Waals surface area contributed by atoms with Crippen molar-refractivity contribution in [3.05, 3.63) is 71.3 Å². The predicted molar refractivity (Wildman–Crippen MR) is 103 cm³/mol. The first-order valence-corrected chi connectivity index (χ1v) is 9.58. The number of rotatable bonds is 6. The summed E-state index contributed by atoms with van der Waals surface area (Å²) in [7, 11) is 2.12. The van der Waals surface area contributed by atoms with E-state index in [-0.39, 0.29) is 6.61 Å². The van der Waals surface area contributed by atoms with E-state index in [1.807, 2.05) is 11.8 Å². The minimum atomic E-state index is 0.267. The zero-order valence-electron chi connectivity index (χ0n) is 14.2. The monoisotopic (exact) mass is 339 g/mol. The maximum atomic E-state index is 8.95. The summed E-state index contributed by atoms with van der Waals surface area (Å²) >= 11 is 1.93. The van der Waals surface area contributed by atoms with E-state index in [0.717, 1.165) is 31.7 Å². The molecule has 1 aliphatic heterocycles. The first-order chi connectivity index (χ1) is 11.8. The van der Waals surface area contributed by atoms with Gasteiger partial charge in [-0.1, -0.05) is 48.5 Å². The fraction of sp³-hybridized carbons (Fsp3) is 0.333. The molecule has 0 bridgehead atoms. The maximum absolute atomic E-state index is 8.95. The number of aliphatic hydroxyl groups excluding tert-OH is 1. The maximum Gasteiger partial charge on any atom is 0.0443 e. The van der Waals surface area contributed by atoms with Crippen LogP contribution in [0.5, 0.6) is 0 Å². The van der Waals surface area contributed by atoms with Crippen LogP contribution >= 0.6 is 11.8 Å². The highest BCUT2D eigenvalue weighted by atomic mass is 32.2. The lowest BCUT2D eigenvalue weighted by atomic mass is 9.93. The molecule has 0 aliphatic carbocycles. The second-order valence-electron chi connectivity index (χ2n) is 6.23. The van der Waals surface area contributed by atoms with Crippen LogP contribution in [0.4, 0.5) is 0 Å². The van der Waals surface area contributed by atoms with Crippen LogP contribution in [-0.2, 0) is 5.75 Å². The lowest BCUT2D eigenvalue weighted by Crippen LogP contribution is -2.21. The van der Waals surface area contributed by atoms with Crippen molar-refractivity contribution in [2.45, 2.75) is 23.5 Å². The van der Waals surface area contributed by atoms with Gasteiger partial charge >= 0.3 is 0 Å². The molecule has 0 fully saturated rings. The molecular formula is C21H25NOS. The van der Waals surface area contributed by atoms with Crippen molar-refractivity contribution in [1.82, 2.24) is 4.90 Å². The number of hydrogen-bond acceptors (Lipinski definition) is 3. The van der Waals surface area contributed by atoms with E-state index in [0.29, 0.717) is 0 Å². The van der Waals surface area contributed by atoms with Crippen molar-refractivity contribution >= 4 is 17.3 Å². The number of thioether (sulfide) groups is 1. The lowest BCUT2D eigenvalue weighted by molar-refractivity contribution is 0.249. The summed E-state index contributed by atoms with van der Waals surface area (Å²) in [6, 6.07) is 17.5. The fourth-order valence-corrected chi connectivity index (χ4v) is 4.20. The van der Waals surface area contributed by atoms with Crippen LogP contribution in [0.1, 0.15) is 29.5 Å². The summed E-state index contributed by atoms with van der Waals surface area (Å²) in [6.07, 6.45) is 4.25. The predicted octanol–water partition coefficient (Wildman–Crippen LogP) is 4.43. The van der Waals surface area contributed by atoms with Gasteiger partial charge in [-0.25, -0.2) is 0 Å². The van der Waals surface area contributed by atoms with Gasteiger partial charge in [0.05, 0.1) is 0 Å². The van der Waals surface area contributed by atoms with Crippen LogP contribution < -0.4 is 0 Å². The van der Waals surface area contributed by atoms with Crippen molar-refractivity contribution in [3.8, 4) is 0 Å². The Morgan fingerprint density at radius 2 is 1.79 bits per heavy atom. The molecule has 0 radical (unpaired) electrons. The minimum Gasteiger partial charge on any atom is -0.396 e. The van der Waals surface area contributed by atoms with Gasteiger partial charge in [-0.3, -0.25) is 0 Å². The van der Waals surface area contributed by atoms with Gasteiger partial charge in [0.1, 0.15) is 0 Å².